The number of urea groups is 1. The average Bonchev–Trinajstić information content (AvgIpc) is 3.22. The normalized spacial score (nSPS) is 15.2. The fourth-order valence-electron chi connectivity index (χ4n) is 3.42. The van der Waals surface area contributed by atoms with Crippen LogP contribution in [0.2, 0.25) is 5.02 Å². The second-order valence-corrected chi connectivity index (χ2v) is 8.09. The number of rotatable bonds is 6. The topological polar surface area (TPSA) is 80.6 Å². The van der Waals surface area contributed by atoms with Gasteiger partial charge in [-0.3, -0.25) is 14.9 Å². The first-order valence-corrected chi connectivity index (χ1v) is 10.7. The summed E-state index contributed by atoms with van der Waals surface area (Å²) in [6.45, 7) is 4.73. The molecule has 33 heavy (non-hydrogen) atoms. The van der Waals surface area contributed by atoms with Crippen molar-refractivity contribution in [2.45, 2.75) is 20.4 Å². The lowest BCUT2D eigenvalue weighted by Crippen LogP contribution is -2.54. The van der Waals surface area contributed by atoms with Crippen LogP contribution in [0.15, 0.2) is 66.4 Å². The van der Waals surface area contributed by atoms with Crippen LogP contribution < -0.4 is 15.0 Å². The van der Waals surface area contributed by atoms with Crippen LogP contribution >= 0.6 is 11.6 Å². The van der Waals surface area contributed by atoms with Gasteiger partial charge in [0.15, 0.2) is 0 Å². The van der Waals surface area contributed by atoms with E-state index in [1.165, 1.54) is 12.1 Å². The molecule has 1 aromatic heterocycles. The summed E-state index contributed by atoms with van der Waals surface area (Å²) >= 11 is 6.16. The quantitative estimate of drug-likeness (QED) is 0.431. The molecule has 0 radical (unpaired) electrons. The third-order valence-corrected chi connectivity index (χ3v) is 5.70. The summed E-state index contributed by atoms with van der Waals surface area (Å²) in [4.78, 5) is 38.9. The second kappa shape index (κ2) is 9.34. The fraction of sp³-hybridized carbons (Fsp3) is 0.160. The molecule has 1 aliphatic rings. The molecule has 0 spiro atoms. The highest BCUT2D eigenvalue weighted by atomic mass is 35.5. The third kappa shape index (κ3) is 4.83. The van der Waals surface area contributed by atoms with Crippen LogP contribution in [0.3, 0.4) is 0 Å². The Morgan fingerprint density at radius 2 is 1.79 bits per heavy atom. The molecule has 0 saturated carbocycles. The number of carbonyl (C=O) groups excluding carboxylic acids is 3. The van der Waals surface area contributed by atoms with Gasteiger partial charge in [0.1, 0.15) is 17.9 Å². The molecular formula is C25H22ClN3O4. The number of hydrogen-bond acceptors (Lipinski definition) is 4. The minimum absolute atomic E-state index is 0.147. The van der Waals surface area contributed by atoms with Crippen molar-refractivity contribution in [3.05, 3.63) is 88.2 Å². The summed E-state index contributed by atoms with van der Waals surface area (Å²) in [6, 6.07) is 15.4. The molecule has 7 nitrogen and oxygen atoms in total. The number of aryl methyl sites for hydroxylation is 2. The summed E-state index contributed by atoms with van der Waals surface area (Å²) < 4.78 is 7.64. The van der Waals surface area contributed by atoms with Gasteiger partial charge in [0.05, 0.1) is 12.2 Å². The fourth-order valence-corrected chi connectivity index (χ4v) is 3.59. The van der Waals surface area contributed by atoms with E-state index in [9.17, 15) is 14.4 Å². The van der Waals surface area contributed by atoms with E-state index in [0.29, 0.717) is 23.9 Å². The molecule has 168 valence electrons. The largest absolute Gasteiger partial charge is 0.492 e. The number of anilines is 1. The minimum atomic E-state index is -0.816. The molecule has 0 aliphatic carbocycles. The number of nitrogens with zero attached hydrogens (tertiary/aromatic N) is 2. The van der Waals surface area contributed by atoms with Gasteiger partial charge in [-0.25, -0.2) is 9.69 Å². The predicted octanol–water partition coefficient (Wildman–Crippen LogP) is 4.50. The minimum Gasteiger partial charge on any atom is -0.492 e. The zero-order chi connectivity index (χ0) is 23.5. The van der Waals surface area contributed by atoms with E-state index in [0.717, 1.165) is 21.8 Å². The molecule has 2 heterocycles. The molecule has 2 aromatic carbocycles. The zero-order valence-corrected chi connectivity index (χ0v) is 18.9. The van der Waals surface area contributed by atoms with Crippen molar-refractivity contribution < 1.29 is 19.1 Å². The molecule has 4 amide bonds. The maximum absolute atomic E-state index is 13.1. The molecular weight excluding hydrogens is 442 g/mol. The lowest BCUT2D eigenvalue weighted by Gasteiger charge is -2.26. The first-order valence-electron chi connectivity index (χ1n) is 10.4. The van der Waals surface area contributed by atoms with E-state index in [1.54, 1.807) is 18.2 Å². The van der Waals surface area contributed by atoms with Gasteiger partial charge in [-0.05, 0) is 61.9 Å². The Morgan fingerprint density at radius 3 is 2.52 bits per heavy atom. The van der Waals surface area contributed by atoms with E-state index in [2.05, 4.69) is 5.32 Å². The van der Waals surface area contributed by atoms with Gasteiger partial charge in [0.25, 0.3) is 11.8 Å². The van der Waals surface area contributed by atoms with Gasteiger partial charge < -0.3 is 9.30 Å². The second-order valence-electron chi connectivity index (χ2n) is 7.68. The zero-order valence-electron chi connectivity index (χ0n) is 18.2. The van der Waals surface area contributed by atoms with Crippen molar-refractivity contribution in [1.82, 2.24) is 9.88 Å². The Morgan fingerprint density at radius 1 is 1.03 bits per heavy atom. The van der Waals surface area contributed by atoms with Gasteiger partial charge in [0.2, 0.25) is 0 Å². The van der Waals surface area contributed by atoms with Crippen LogP contribution in [0.25, 0.3) is 6.08 Å². The number of imide groups is 2. The number of ether oxygens (including phenoxy) is 1. The number of halogens is 1. The molecule has 1 fully saturated rings. The molecule has 4 rings (SSSR count). The first-order chi connectivity index (χ1) is 15.8. The molecule has 0 bridgehead atoms. The summed E-state index contributed by atoms with van der Waals surface area (Å²) in [5, 5.41) is 2.64. The number of benzene rings is 2. The Labute approximate surface area is 196 Å². The lowest BCUT2D eigenvalue weighted by atomic mass is 10.1. The summed E-state index contributed by atoms with van der Waals surface area (Å²) in [6.07, 6.45) is 3.30. The third-order valence-electron chi connectivity index (χ3n) is 5.29. The van der Waals surface area contributed by atoms with Gasteiger partial charge in [-0.1, -0.05) is 35.4 Å². The maximum atomic E-state index is 13.1. The molecule has 0 unspecified atom stereocenters. The highest BCUT2D eigenvalue weighted by Gasteiger charge is 2.37. The van der Waals surface area contributed by atoms with Crippen LogP contribution in [0.5, 0.6) is 5.75 Å². The molecule has 3 aromatic rings. The number of hydrogen-bond donors (Lipinski definition) is 1. The highest BCUT2D eigenvalue weighted by Crippen LogP contribution is 2.26. The Bertz CT molecular complexity index is 1260. The van der Waals surface area contributed by atoms with Crippen molar-refractivity contribution in [1.29, 1.82) is 0 Å². The van der Waals surface area contributed by atoms with E-state index in [1.807, 2.05) is 54.9 Å². The summed E-state index contributed by atoms with van der Waals surface area (Å²) in [5.74, 6) is -0.698. The van der Waals surface area contributed by atoms with Crippen molar-refractivity contribution in [2.24, 2.45) is 0 Å². The van der Waals surface area contributed by atoms with Crippen molar-refractivity contribution in [2.75, 3.05) is 11.5 Å². The number of carbonyl (C=O) groups is 3. The molecule has 1 saturated heterocycles. The van der Waals surface area contributed by atoms with Crippen LogP contribution in [0.1, 0.15) is 16.8 Å². The Kier molecular flexibility index (Phi) is 6.33. The monoisotopic (exact) mass is 463 g/mol. The van der Waals surface area contributed by atoms with Crippen LogP contribution in [-0.4, -0.2) is 29.0 Å². The lowest BCUT2D eigenvalue weighted by molar-refractivity contribution is -0.122. The molecule has 1 N–H and O–H groups in total. The standard InChI is InChI=1S/C25H22ClN3O4/c1-16-5-9-20(10-6-16)33-13-12-28-11-3-4-18(28)14-21-23(30)27-25(32)29(24(21)31)19-8-7-17(2)22(26)15-19/h3-11,14-15H,12-13H2,1-2H3,(H,27,30,32)/b21-14+. The smallest absolute Gasteiger partial charge is 0.335 e. The summed E-state index contributed by atoms with van der Waals surface area (Å²) in [7, 11) is 0. The predicted molar refractivity (Wildman–Crippen MR) is 126 cm³/mol. The van der Waals surface area contributed by atoms with Crippen LogP contribution in [0, 0.1) is 13.8 Å². The van der Waals surface area contributed by atoms with E-state index in [-0.39, 0.29) is 11.3 Å². The van der Waals surface area contributed by atoms with E-state index in [4.69, 9.17) is 16.3 Å². The Hall–Kier alpha value is -3.84. The Balaban J connectivity index is 1.54. The van der Waals surface area contributed by atoms with Crippen molar-refractivity contribution in [3.63, 3.8) is 0 Å². The number of barbiturate groups is 1. The first kappa shape index (κ1) is 22.4. The van der Waals surface area contributed by atoms with Crippen LogP contribution in [-0.2, 0) is 16.1 Å². The van der Waals surface area contributed by atoms with Gasteiger partial charge in [0, 0.05) is 16.9 Å². The van der Waals surface area contributed by atoms with Gasteiger partial charge in [-0.2, -0.15) is 0 Å². The van der Waals surface area contributed by atoms with Crippen LogP contribution in [0.4, 0.5) is 10.5 Å². The molecule has 8 heteroatoms. The maximum Gasteiger partial charge on any atom is 0.335 e. The van der Waals surface area contributed by atoms with Crippen molar-refractivity contribution in [3.8, 4) is 5.75 Å². The molecule has 0 atom stereocenters. The van der Waals surface area contributed by atoms with Gasteiger partial charge >= 0.3 is 6.03 Å². The summed E-state index contributed by atoms with van der Waals surface area (Å²) in [5.41, 5.74) is 2.73. The molecule has 1 aliphatic heterocycles. The van der Waals surface area contributed by atoms with Crippen molar-refractivity contribution >= 4 is 41.2 Å². The number of amides is 4. The van der Waals surface area contributed by atoms with E-state index >= 15 is 0 Å². The SMILES string of the molecule is Cc1ccc(OCCn2cccc2/C=C2\C(=O)NC(=O)N(c3ccc(C)c(Cl)c3)C2=O)cc1. The number of aromatic nitrogens is 1. The highest BCUT2D eigenvalue weighted by molar-refractivity contribution is 6.39. The van der Waals surface area contributed by atoms with Gasteiger partial charge in [-0.15, -0.1) is 0 Å². The average molecular weight is 464 g/mol. The van der Waals surface area contributed by atoms with E-state index < -0.39 is 17.8 Å². The number of nitrogens with one attached hydrogen (secondary N) is 1.